The van der Waals surface area contributed by atoms with Gasteiger partial charge < -0.3 is 10.0 Å². The van der Waals surface area contributed by atoms with E-state index >= 15 is 0 Å². The van der Waals surface area contributed by atoms with Gasteiger partial charge in [0.2, 0.25) is 0 Å². The van der Waals surface area contributed by atoms with E-state index in [-0.39, 0.29) is 5.92 Å². The highest BCUT2D eigenvalue weighted by Crippen LogP contribution is 2.28. The van der Waals surface area contributed by atoms with Gasteiger partial charge in [0.05, 0.1) is 5.92 Å². The average Bonchev–Trinajstić information content (AvgIpc) is 2.26. The highest BCUT2D eigenvalue weighted by atomic mass is 16.4. The van der Waals surface area contributed by atoms with E-state index in [1.807, 2.05) is 0 Å². The van der Waals surface area contributed by atoms with Gasteiger partial charge in [0.15, 0.2) is 0 Å². The molecular formula is C11H19NO2. The Morgan fingerprint density at radius 2 is 1.86 bits per heavy atom. The fourth-order valence-electron chi connectivity index (χ4n) is 2.48. The third kappa shape index (κ3) is 2.08. The lowest BCUT2D eigenvalue weighted by Gasteiger charge is -2.36. The number of carboxylic acid groups (broad SMARTS) is 1. The van der Waals surface area contributed by atoms with Crippen molar-refractivity contribution in [3.05, 3.63) is 0 Å². The molecule has 1 saturated heterocycles. The second-order valence-electron chi connectivity index (χ2n) is 4.59. The maximum atomic E-state index is 10.8. The number of nitrogens with zero attached hydrogens (tertiary/aromatic N) is 1. The van der Waals surface area contributed by atoms with Gasteiger partial charge in [-0.1, -0.05) is 6.42 Å². The lowest BCUT2D eigenvalue weighted by atomic mass is 9.91. The SMILES string of the molecule is O=C(O)C1CCCN(C2CCC2)CC1. The third-order valence-corrected chi connectivity index (χ3v) is 3.70. The zero-order chi connectivity index (χ0) is 9.97. The van der Waals surface area contributed by atoms with Crippen LogP contribution in [0.1, 0.15) is 38.5 Å². The summed E-state index contributed by atoms with van der Waals surface area (Å²) in [4.78, 5) is 13.4. The number of carboxylic acids is 1. The molecule has 1 heterocycles. The molecule has 0 spiro atoms. The van der Waals surface area contributed by atoms with Crippen molar-refractivity contribution in [2.24, 2.45) is 5.92 Å². The van der Waals surface area contributed by atoms with E-state index in [9.17, 15) is 4.79 Å². The highest BCUT2D eigenvalue weighted by Gasteiger charge is 2.28. The number of likely N-dealkylation sites (tertiary alicyclic amines) is 1. The number of hydrogen-bond donors (Lipinski definition) is 1. The van der Waals surface area contributed by atoms with Gasteiger partial charge in [0.25, 0.3) is 0 Å². The quantitative estimate of drug-likeness (QED) is 0.733. The van der Waals surface area contributed by atoms with Crippen LogP contribution in [0.15, 0.2) is 0 Å². The van der Waals surface area contributed by atoms with Crippen molar-refractivity contribution in [2.75, 3.05) is 13.1 Å². The predicted octanol–water partition coefficient (Wildman–Crippen LogP) is 1.73. The van der Waals surface area contributed by atoms with Gasteiger partial charge in [0, 0.05) is 6.04 Å². The van der Waals surface area contributed by atoms with E-state index < -0.39 is 5.97 Å². The molecule has 2 rings (SSSR count). The van der Waals surface area contributed by atoms with Crippen molar-refractivity contribution in [3.63, 3.8) is 0 Å². The van der Waals surface area contributed by atoms with Gasteiger partial charge in [-0.15, -0.1) is 0 Å². The van der Waals surface area contributed by atoms with Gasteiger partial charge in [0.1, 0.15) is 0 Å². The van der Waals surface area contributed by atoms with Crippen LogP contribution in [0.5, 0.6) is 0 Å². The van der Waals surface area contributed by atoms with Crippen LogP contribution in [0.3, 0.4) is 0 Å². The fraction of sp³-hybridized carbons (Fsp3) is 0.909. The molecule has 0 aromatic rings. The smallest absolute Gasteiger partial charge is 0.306 e. The van der Waals surface area contributed by atoms with Crippen molar-refractivity contribution >= 4 is 5.97 Å². The lowest BCUT2D eigenvalue weighted by Crippen LogP contribution is -2.40. The second-order valence-corrected chi connectivity index (χ2v) is 4.59. The van der Waals surface area contributed by atoms with Crippen molar-refractivity contribution in [1.29, 1.82) is 0 Å². The summed E-state index contributed by atoms with van der Waals surface area (Å²) in [6, 6.07) is 0.780. The molecule has 3 heteroatoms. The maximum Gasteiger partial charge on any atom is 0.306 e. The van der Waals surface area contributed by atoms with Crippen LogP contribution in [0, 0.1) is 5.92 Å². The monoisotopic (exact) mass is 197 g/mol. The molecule has 1 unspecified atom stereocenters. The minimum atomic E-state index is -0.597. The minimum Gasteiger partial charge on any atom is -0.481 e. The molecule has 1 aliphatic heterocycles. The normalized spacial score (nSPS) is 30.7. The lowest BCUT2D eigenvalue weighted by molar-refractivity contribution is -0.142. The number of aliphatic carboxylic acids is 1. The first-order valence-electron chi connectivity index (χ1n) is 5.74. The third-order valence-electron chi connectivity index (χ3n) is 3.70. The maximum absolute atomic E-state index is 10.8. The summed E-state index contributed by atoms with van der Waals surface area (Å²) in [5.74, 6) is -0.680. The molecule has 1 saturated carbocycles. The molecule has 14 heavy (non-hydrogen) atoms. The Labute approximate surface area is 85.1 Å². The van der Waals surface area contributed by atoms with Crippen LogP contribution in [0.4, 0.5) is 0 Å². The summed E-state index contributed by atoms with van der Waals surface area (Å²) in [5.41, 5.74) is 0. The first-order chi connectivity index (χ1) is 6.77. The molecule has 0 aromatic carbocycles. The first-order valence-corrected chi connectivity index (χ1v) is 5.74. The van der Waals surface area contributed by atoms with Gasteiger partial charge in [-0.2, -0.15) is 0 Å². The molecule has 0 bridgehead atoms. The fourth-order valence-corrected chi connectivity index (χ4v) is 2.48. The summed E-state index contributed by atoms with van der Waals surface area (Å²) in [6.45, 7) is 2.12. The average molecular weight is 197 g/mol. The molecular weight excluding hydrogens is 178 g/mol. The molecule has 2 fully saturated rings. The van der Waals surface area contributed by atoms with Crippen molar-refractivity contribution in [2.45, 2.75) is 44.6 Å². The Bertz CT molecular complexity index is 213. The molecule has 1 N–H and O–H groups in total. The Hall–Kier alpha value is -0.570. The van der Waals surface area contributed by atoms with E-state index in [4.69, 9.17) is 5.11 Å². The number of carbonyl (C=O) groups is 1. The minimum absolute atomic E-state index is 0.0833. The second kappa shape index (κ2) is 4.30. The van der Waals surface area contributed by atoms with Gasteiger partial charge >= 0.3 is 5.97 Å². The van der Waals surface area contributed by atoms with Crippen LogP contribution in [0.25, 0.3) is 0 Å². The van der Waals surface area contributed by atoms with Gasteiger partial charge in [-0.05, 0) is 45.2 Å². The molecule has 3 nitrogen and oxygen atoms in total. The van der Waals surface area contributed by atoms with Gasteiger partial charge in [-0.25, -0.2) is 0 Å². The van der Waals surface area contributed by atoms with E-state index in [1.54, 1.807) is 0 Å². The Balaban J connectivity index is 1.84. The van der Waals surface area contributed by atoms with Crippen molar-refractivity contribution in [1.82, 2.24) is 4.90 Å². The van der Waals surface area contributed by atoms with E-state index in [0.717, 1.165) is 38.4 Å². The summed E-state index contributed by atoms with van der Waals surface area (Å²) in [5, 5.41) is 8.94. The standard InChI is InChI=1S/C11H19NO2/c13-11(14)9-3-2-7-12(8-6-9)10-4-1-5-10/h9-10H,1-8H2,(H,13,14). The van der Waals surface area contributed by atoms with E-state index in [1.165, 1.54) is 19.3 Å². The summed E-state index contributed by atoms with van der Waals surface area (Å²) in [7, 11) is 0. The van der Waals surface area contributed by atoms with E-state index in [0.29, 0.717) is 0 Å². The van der Waals surface area contributed by atoms with E-state index in [2.05, 4.69) is 4.90 Å². The Morgan fingerprint density at radius 3 is 2.43 bits per heavy atom. The largest absolute Gasteiger partial charge is 0.481 e. The van der Waals surface area contributed by atoms with Crippen LogP contribution in [0.2, 0.25) is 0 Å². The molecule has 0 aromatic heterocycles. The summed E-state index contributed by atoms with van der Waals surface area (Å²) < 4.78 is 0. The van der Waals surface area contributed by atoms with Crippen molar-refractivity contribution in [3.8, 4) is 0 Å². The summed E-state index contributed by atoms with van der Waals surface area (Å²) >= 11 is 0. The highest BCUT2D eigenvalue weighted by molar-refractivity contribution is 5.69. The first kappa shape index (κ1) is 9.97. The molecule has 1 atom stereocenters. The Morgan fingerprint density at radius 1 is 1.07 bits per heavy atom. The molecule has 2 aliphatic rings. The molecule has 0 amide bonds. The molecule has 0 radical (unpaired) electrons. The summed E-state index contributed by atoms with van der Waals surface area (Å²) in [6.07, 6.45) is 6.82. The zero-order valence-corrected chi connectivity index (χ0v) is 8.61. The topological polar surface area (TPSA) is 40.5 Å². The zero-order valence-electron chi connectivity index (χ0n) is 8.61. The van der Waals surface area contributed by atoms with Crippen molar-refractivity contribution < 1.29 is 9.90 Å². The van der Waals surface area contributed by atoms with Crippen LogP contribution < -0.4 is 0 Å². The predicted molar refractivity (Wildman–Crippen MR) is 54.2 cm³/mol. The molecule has 80 valence electrons. The van der Waals surface area contributed by atoms with Crippen LogP contribution in [-0.4, -0.2) is 35.1 Å². The number of hydrogen-bond acceptors (Lipinski definition) is 2. The van der Waals surface area contributed by atoms with Gasteiger partial charge in [-0.3, -0.25) is 4.79 Å². The van der Waals surface area contributed by atoms with Crippen LogP contribution >= 0.6 is 0 Å². The van der Waals surface area contributed by atoms with Crippen LogP contribution in [-0.2, 0) is 4.79 Å². The Kier molecular flexibility index (Phi) is 3.06. The molecule has 1 aliphatic carbocycles. The number of rotatable bonds is 2.